The number of para-hydroxylation sites is 1. The highest BCUT2D eigenvalue weighted by Crippen LogP contribution is 2.19. The number of carbonyl (C=O) groups is 1. The van der Waals surface area contributed by atoms with Gasteiger partial charge in [-0.05, 0) is 24.3 Å². The van der Waals surface area contributed by atoms with Crippen molar-refractivity contribution in [2.75, 3.05) is 37.7 Å². The van der Waals surface area contributed by atoms with Crippen molar-refractivity contribution in [1.29, 1.82) is 0 Å². The highest BCUT2D eigenvalue weighted by Gasteiger charge is 2.22. The summed E-state index contributed by atoms with van der Waals surface area (Å²) in [5.41, 5.74) is 1.91. The zero-order chi connectivity index (χ0) is 19.2. The summed E-state index contributed by atoms with van der Waals surface area (Å²) in [6.07, 6.45) is 0. The Morgan fingerprint density at radius 1 is 0.821 bits per heavy atom. The molecule has 0 aliphatic carbocycles. The Morgan fingerprint density at radius 2 is 1.50 bits per heavy atom. The van der Waals surface area contributed by atoms with Crippen LogP contribution < -0.4 is 9.64 Å². The van der Waals surface area contributed by atoms with Gasteiger partial charge in [0, 0.05) is 31.7 Å². The number of hydrogen-bond donors (Lipinski definition) is 0. The molecular weight excluding hydrogens is 352 g/mol. The van der Waals surface area contributed by atoms with E-state index in [0.29, 0.717) is 18.8 Å². The second-order valence-electron chi connectivity index (χ2n) is 6.61. The fourth-order valence-electron chi connectivity index (χ4n) is 3.19. The lowest BCUT2D eigenvalue weighted by molar-refractivity contribution is -0.133. The molecule has 0 bridgehead atoms. The first kappa shape index (κ1) is 18.0. The van der Waals surface area contributed by atoms with Gasteiger partial charge in [-0.3, -0.25) is 4.79 Å². The Bertz CT molecular complexity index is 893. The van der Waals surface area contributed by atoms with Crippen molar-refractivity contribution in [3.8, 4) is 17.0 Å². The summed E-state index contributed by atoms with van der Waals surface area (Å²) in [5.74, 6) is 1.56. The maximum atomic E-state index is 12.4. The number of anilines is 1. The monoisotopic (exact) mass is 374 g/mol. The number of benzene rings is 2. The average molecular weight is 374 g/mol. The van der Waals surface area contributed by atoms with Crippen LogP contribution in [0.3, 0.4) is 0 Å². The molecule has 1 aromatic heterocycles. The molecule has 6 nitrogen and oxygen atoms in total. The molecule has 3 aromatic rings. The quantitative estimate of drug-likeness (QED) is 0.687. The van der Waals surface area contributed by atoms with Crippen LogP contribution >= 0.6 is 0 Å². The van der Waals surface area contributed by atoms with Crippen LogP contribution in [0.25, 0.3) is 11.3 Å². The lowest BCUT2D eigenvalue weighted by atomic mass is 10.1. The minimum atomic E-state index is 0.00835. The van der Waals surface area contributed by atoms with E-state index in [1.54, 1.807) is 0 Å². The van der Waals surface area contributed by atoms with Crippen molar-refractivity contribution in [3.63, 3.8) is 0 Å². The zero-order valence-electron chi connectivity index (χ0n) is 15.6. The van der Waals surface area contributed by atoms with Crippen molar-refractivity contribution in [2.24, 2.45) is 0 Å². The molecule has 0 N–H and O–H groups in total. The molecule has 1 amide bonds. The first-order chi connectivity index (χ1) is 13.8. The Labute approximate surface area is 164 Å². The smallest absolute Gasteiger partial charge is 0.260 e. The largest absolute Gasteiger partial charge is 0.484 e. The van der Waals surface area contributed by atoms with Gasteiger partial charge in [-0.15, -0.1) is 10.2 Å². The standard InChI is InChI=1S/C22H22N4O2/c27-22(17-28-19-9-5-2-6-10-19)26-15-13-25(14-16-26)21-12-11-20(23-24-21)18-7-3-1-4-8-18/h1-12H,13-17H2. The summed E-state index contributed by atoms with van der Waals surface area (Å²) in [6.45, 7) is 2.83. The van der Waals surface area contributed by atoms with Crippen molar-refractivity contribution in [1.82, 2.24) is 15.1 Å². The van der Waals surface area contributed by atoms with Gasteiger partial charge < -0.3 is 14.5 Å². The van der Waals surface area contributed by atoms with Crippen LogP contribution in [0.15, 0.2) is 72.8 Å². The molecule has 28 heavy (non-hydrogen) atoms. The van der Waals surface area contributed by atoms with Gasteiger partial charge in [-0.2, -0.15) is 0 Å². The van der Waals surface area contributed by atoms with E-state index in [4.69, 9.17) is 4.74 Å². The molecule has 0 atom stereocenters. The minimum Gasteiger partial charge on any atom is -0.484 e. The first-order valence-corrected chi connectivity index (χ1v) is 9.39. The van der Waals surface area contributed by atoms with E-state index >= 15 is 0 Å². The molecule has 0 spiro atoms. The molecule has 0 unspecified atom stereocenters. The summed E-state index contributed by atoms with van der Waals surface area (Å²) >= 11 is 0. The molecule has 2 aromatic carbocycles. The minimum absolute atomic E-state index is 0.00835. The van der Waals surface area contributed by atoms with E-state index in [1.165, 1.54) is 0 Å². The Morgan fingerprint density at radius 3 is 2.14 bits per heavy atom. The van der Waals surface area contributed by atoms with Gasteiger partial charge in [0.1, 0.15) is 5.75 Å². The normalized spacial score (nSPS) is 14.0. The zero-order valence-corrected chi connectivity index (χ0v) is 15.6. The number of hydrogen-bond acceptors (Lipinski definition) is 5. The van der Waals surface area contributed by atoms with Crippen molar-refractivity contribution in [2.45, 2.75) is 0 Å². The van der Waals surface area contributed by atoms with Gasteiger partial charge in [0.25, 0.3) is 5.91 Å². The number of carbonyl (C=O) groups excluding carboxylic acids is 1. The predicted molar refractivity (Wildman–Crippen MR) is 108 cm³/mol. The summed E-state index contributed by atoms with van der Waals surface area (Å²) in [4.78, 5) is 16.4. The highest BCUT2D eigenvalue weighted by molar-refractivity contribution is 5.78. The van der Waals surface area contributed by atoms with Crippen LogP contribution in [0, 0.1) is 0 Å². The first-order valence-electron chi connectivity index (χ1n) is 9.39. The molecule has 142 valence electrons. The molecule has 4 rings (SSSR count). The van der Waals surface area contributed by atoms with Crippen LogP contribution in [0.4, 0.5) is 5.82 Å². The maximum absolute atomic E-state index is 12.4. The highest BCUT2D eigenvalue weighted by atomic mass is 16.5. The summed E-state index contributed by atoms with van der Waals surface area (Å²) in [5, 5.41) is 8.72. The van der Waals surface area contributed by atoms with Gasteiger partial charge in [0.05, 0.1) is 5.69 Å². The molecular formula is C22H22N4O2. The van der Waals surface area contributed by atoms with Gasteiger partial charge >= 0.3 is 0 Å². The summed E-state index contributed by atoms with van der Waals surface area (Å²) in [6, 6.07) is 23.4. The number of ether oxygens (including phenoxy) is 1. The average Bonchev–Trinajstić information content (AvgIpc) is 2.79. The Kier molecular flexibility index (Phi) is 5.47. The van der Waals surface area contributed by atoms with Gasteiger partial charge in [-0.1, -0.05) is 48.5 Å². The lowest BCUT2D eigenvalue weighted by Gasteiger charge is -2.35. The van der Waals surface area contributed by atoms with Crippen LogP contribution in [-0.4, -0.2) is 53.8 Å². The van der Waals surface area contributed by atoms with E-state index in [1.807, 2.05) is 77.7 Å². The number of rotatable bonds is 5. The summed E-state index contributed by atoms with van der Waals surface area (Å²) in [7, 11) is 0. The summed E-state index contributed by atoms with van der Waals surface area (Å²) < 4.78 is 5.56. The fourth-order valence-corrected chi connectivity index (χ4v) is 3.19. The molecule has 0 radical (unpaired) electrons. The topological polar surface area (TPSA) is 58.6 Å². The molecule has 2 heterocycles. The van der Waals surface area contributed by atoms with Crippen molar-refractivity contribution in [3.05, 3.63) is 72.8 Å². The van der Waals surface area contributed by atoms with Crippen molar-refractivity contribution < 1.29 is 9.53 Å². The van der Waals surface area contributed by atoms with Gasteiger partial charge in [0.15, 0.2) is 12.4 Å². The third-order valence-electron chi connectivity index (χ3n) is 4.78. The SMILES string of the molecule is O=C(COc1ccccc1)N1CCN(c2ccc(-c3ccccc3)nn2)CC1. The Balaban J connectivity index is 1.29. The van der Waals surface area contributed by atoms with Crippen LogP contribution in [0.5, 0.6) is 5.75 Å². The third-order valence-corrected chi connectivity index (χ3v) is 4.78. The Hall–Kier alpha value is -3.41. The van der Waals surface area contributed by atoms with Gasteiger partial charge in [-0.25, -0.2) is 0 Å². The van der Waals surface area contributed by atoms with E-state index < -0.39 is 0 Å². The molecule has 1 saturated heterocycles. The fraction of sp³-hybridized carbons (Fsp3) is 0.227. The predicted octanol–water partition coefficient (Wildman–Crippen LogP) is 2.87. The van der Waals surface area contributed by atoms with E-state index in [0.717, 1.165) is 30.2 Å². The number of amides is 1. The van der Waals surface area contributed by atoms with Gasteiger partial charge in [0.2, 0.25) is 0 Å². The van der Waals surface area contributed by atoms with Crippen molar-refractivity contribution >= 4 is 11.7 Å². The maximum Gasteiger partial charge on any atom is 0.260 e. The molecule has 0 saturated carbocycles. The number of nitrogens with zero attached hydrogens (tertiary/aromatic N) is 4. The third kappa shape index (κ3) is 4.28. The second-order valence-corrected chi connectivity index (χ2v) is 6.61. The van der Waals surface area contributed by atoms with E-state index in [-0.39, 0.29) is 12.5 Å². The molecule has 1 aliphatic rings. The van der Waals surface area contributed by atoms with E-state index in [9.17, 15) is 4.79 Å². The number of piperazine rings is 1. The molecule has 1 fully saturated rings. The lowest BCUT2D eigenvalue weighted by Crippen LogP contribution is -2.50. The molecule has 6 heteroatoms. The van der Waals surface area contributed by atoms with Crippen LogP contribution in [-0.2, 0) is 4.79 Å². The second kappa shape index (κ2) is 8.52. The molecule has 1 aliphatic heterocycles. The number of aromatic nitrogens is 2. The van der Waals surface area contributed by atoms with Crippen LogP contribution in [0.2, 0.25) is 0 Å². The van der Waals surface area contributed by atoms with E-state index in [2.05, 4.69) is 15.1 Å². The van der Waals surface area contributed by atoms with Crippen LogP contribution in [0.1, 0.15) is 0 Å².